The second-order valence-electron chi connectivity index (χ2n) is 6.05. The van der Waals surface area contributed by atoms with Crippen molar-refractivity contribution in [1.82, 2.24) is 9.55 Å². The molecule has 1 aromatic heterocycles. The van der Waals surface area contributed by atoms with Gasteiger partial charge in [0.25, 0.3) is 5.56 Å². The molecule has 1 atom stereocenters. The number of halogens is 1. The van der Waals surface area contributed by atoms with Crippen molar-refractivity contribution in [3.8, 4) is 6.07 Å². The molecule has 8 heteroatoms. The van der Waals surface area contributed by atoms with E-state index in [0.717, 1.165) is 4.47 Å². The van der Waals surface area contributed by atoms with E-state index in [9.17, 15) is 9.59 Å². The summed E-state index contributed by atoms with van der Waals surface area (Å²) >= 11 is 4.61. The number of anilines is 1. The van der Waals surface area contributed by atoms with E-state index < -0.39 is 5.25 Å². The van der Waals surface area contributed by atoms with Crippen LogP contribution in [0.15, 0.2) is 56.9 Å². The highest BCUT2D eigenvalue weighted by Gasteiger charge is 2.19. The van der Waals surface area contributed by atoms with Crippen molar-refractivity contribution in [2.45, 2.75) is 30.8 Å². The summed E-state index contributed by atoms with van der Waals surface area (Å²) in [4.78, 5) is 30.0. The maximum absolute atomic E-state index is 12.8. The Morgan fingerprint density at radius 2 is 2.14 bits per heavy atom. The number of aromatic nitrogens is 2. The molecule has 1 heterocycles. The summed E-state index contributed by atoms with van der Waals surface area (Å²) in [5.41, 5.74) is 1.49. The summed E-state index contributed by atoms with van der Waals surface area (Å²) in [6, 6.07) is 14.1. The van der Waals surface area contributed by atoms with Crippen molar-refractivity contribution in [3.05, 3.63) is 62.9 Å². The van der Waals surface area contributed by atoms with Crippen molar-refractivity contribution in [2.24, 2.45) is 0 Å². The lowest BCUT2D eigenvalue weighted by Crippen LogP contribution is -2.26. The van der Waals surface area contributed by atoms with Crippen LogP contribution < -0.4 is 10.9 Å². The van der Waals surface area contributed by atoms with Gasteiger partial charge in [0.05, 0.1) is 27.8 Å². The number of amides is 1. The average molecular weight is 457 g/mol. The SMILES string of the molecule is CCn1c(S[C@H](C)C(=O)Nc2cccc(C#N)c2)nc2ccc(Br)cc2c1=O. The predicted octanol–water partition coefficient (Wildman–Crippen LogP) is 4.17. The molecule has 142 valence electrons. The number of hydrogen-bond donors (Lipinski definition) is 1. The van der Waals surface area contributed by atoms with Gasteiger partial charge in [0.15, 0.2) is 5.16 Å². The van der Waals surface area contributed by atoms with E-state index >= 15 is 0 Å². The summed E-state index contributed by atoms with van der Waals surface area (Å²) in [5, 5.41) is 12.3. The van der Waals surface area contributed by atoms with Crippen LogP contribution in [0.2, 0.25) is 0 Å². The third-order valence-electron chi connectivity index (χ3n) is 4.11. The number of hydrogen-bond acceptors (Lipinski definition) is 5. The molecular formula is C20H17BrN4O2S. The normalized spacial score (nSPS) is 11.8. The first kappa shape index (κ1) is 20.1. The largest absolute Gasteiger partial charge is 0.325 e. The molecule has 2 aromatic carbocycles. The number of nitrogens with one attached hydrogen (secondary N) is 1. The lowest BCUT2D eigenvalue weighted by Gasteiger charge is -2.15. The van der Waals surface area contributed by atoms with Gasteiger partial charge < -0.3 is 5.32 Å². The molecule has 0 radical (unpaired) electrons. The van der Waals surface area contributed by atoms with E-state index in [1.54, 1.807) is 47.9 Å². The molecule has 0 spiro atoms. The van der Waals surface area contributed by atoms with Gasteiger partial charge in [0, 0.05) is 16.7 Å². The number of carbonyl (C=O) groups excluding carboxylic acids is 1. The molecule has 3 aromatic rings. The first-order valence-corrected chi connectivity index (χ1v) is 10.3. The molecule has 1 amide bonds. The Morgan fingerprint density at radius 1 is 1.36 bits per heavy atom. The summed E-state index contributed by atoms with van der Waals surface area (Å²) < 4.78 is 2.38. The van der Waals surface area contributed by atoms with Crippen molar-refractivity contribution in [2.75, 3.05) is 5.32 Å². The van der Waals surface area contributed by atoms with Gasteiger partial charge in [-0.25, -0.2) is 4.98 Å². The Balaban J connectivity index is 1.86. The Morgan fingerprint density at radius 3 is 2.86 bits per heavy atom. The highest BCUT2D eigenvalue weighted by Crippen LogP contribution is 2.25. The highest BCUT2D eigenvalue weighted by molar-refractivity contribution is 9.10. The quantitative estimate of drug-likeness (QED) is 0.459. The highest BCUT2D eigenvalue weighted by atomic mass is 79.9. The molecule has 28 heavy (non-hydrogen) atoms. The van der Waals surface area contributed by atoms with Crippen molar-refractivity contribution < 1.29 is 4.79 Å². The zero-order valence-electron chi connectivity index (χ0n) is 15.3. The van der Waals surface area contributed by atoms with E-state index in [2.05, 4.69) is 26.2 Å². The van der Waals surface area contributed by atoms with E-state index in [1.807, 2.05) is 19.1 Å². The lowest BCUT2D eigenvalue weighted by molar-refractivity contribution is -0.115. The molecule has 0 saturated carbocycles. The molecule has 0 bridgehead atoms. The monoisotopic (exact) mass is 456 g/mol. The van der Waals surface area contributed by atoms with Gasteiger partial charge in [-0.05, 0) is 50.2 Å². The fraction of sp³-hybridized carbons (Fsp3) is 0.200. The van der Waals surface area contributed by atoms with Crippen molar-refractivity contribution in [1.29, 1.82) is 5.26 Å². The molecule has 3 rings (SSSR count). The van der Waals surface area contributed by atoms with Crippen LogP contribution in [0.4, 0.5) is 5.69 Å². The Labute approximate surface area is 174 Å². The average Bonchev–Trinajstić information content (AvgIpc) is 2.69. The van der Waals surface area contributed by atoms with Gasteiger partial charge in [0.1, 0.15) is 0 Å². The number of thioether (sulfide) groups is 1. The second kappa shape index (κ2) is 8.59. The minimum absolute atomic E-state index is 0.134. The Hall–Kier alpha value is -2.63. The van der Waals surface area contributed by atoms with Crippen LogP contribution in [0.3, 0.4) is 0 Å². The number of nitriles is 1. The van der Waals surface area contributed by atoms with Crippen LogP contribution >= 0.6 is 27.7 Å². The van der Waals surface area contributed by atoms with Crippen LogP contribution in [0.1, 0.15) is 19.4 Å². The molecule has 0 fully saturated rings. The first-order chi connectivity index (χ1) is 13.4. The molecule has 6 nitrogen and oxygen atoms in total. The summed E-state index contributed by atoms with van der Waals surface area (Å²) in [5.74, 6) is -0.229. The fourth-order valence-electron chi connectivity index (χ4n) is 2.66. The number of benzene rings is 2. The number of carbonyl (C=O) groups is 1. The fourth-order valence-corrected chi connectivity index (χ4v) is 4.00. The number of fused-ring (bicyclic) bond motifs is 1. The minimum atomic E-state index is -0.483. The molecule has 0 aliphatic rings. The van der Waals surface area contributed by atoms with E-state index in [1.165, 1.54) is 11.8 Å². The molecule has 0 saturated heterocycles. The van der Waals surface area contributed by atoms with Gasteiger partial charge in [-0.15, -0.1) is 0 Å². The maximum Gasteiger partial charge on any atom is 0.262 e. The third kappa shape index (κ3) is 4.26. The topological polar surface area (TPSA) is 87.8 Å². The van der Waals surface area contributed by atoms with Crippen LogP contribution in [0.5, 0.6) is 0 Å². The summed E-state index contributed by atoms with van der Waals surface area (Å²) in [6.45, 7) is 4.08. The minimum Gasteiger partial charge on any atom is -0.325 e. The van der Waals surface area contributed by atoms with Gasteiger partial charge in [-0.1, -0.05) is 33.8 Å². The van der Waals surface area contributed by atoms with Crippen LogP contribution in [-0.2, 0) is 11.3 Å². The summed E-state index contributed by atoms with van der Waals surface area (Å²) in [6.07, 6.45) is 0. The molecule has 1 N–H and O–H groups in total. The van der Waals surface area contributed by atoms with Gasteiger partial charge in [0.2, 0.25) is 5.91 Å². The zero-order chi connectivity index (χ0) is 20.3. The molecule has 0 aliphatic heterocycles. The third-order valence-corrected chi connectivity index (χ3v) is 5.69. The van der Waals surface area contributed by atoms with E-state index in [4.69, 9.17) is 5.26 Å². The Bertz CT molecular complexity index is 1150. The second-order valence-corrected chi connectivity index (χ2v) is 8.27. The lowest BCUT2D eigenvalue weighted by atomic mass is 10.2. The maximum atomic E-state index is 12.8. The summed E-state index contributed by atoms with van der Waals surface area (Å²) in [7, 11) is 0. The first-order valence-electron chi connectivity index (χ1n) is 8.60. The predicted molar refractivity (Wildman–Crippen MR) is 114 cm³/mol. The molecular weight excluding hydrogens is 440 g/mol. The van der Waals surface area contributed by atoms with Gasteiger partial charge in [-0.3, -0.25) is 14.2 Å². The van der Waals surface area contributed by atoms with E-state index in [0.29, 0.717) is 33.9 Å². The van der Waals surface area contributed by atoms with Crippen LogP contribution in [0.25, 0.3) is 10.9 Å². The van der Waals surface area contributed by atoms with Crippen molar-refractivity contribution in [3.63, 3.8) is 0 Å². The van der Waals surface area contributed by atoms with Crippen LogP contribution in [-0.4, -0.2) is 20.7 Å². The molecule has 0 unspecified atom stereocenters. The van der Waals surface area contributed by atoms with E-state index in [-0.39, 0.29) is 11.5 Å². The van der Waals surface area contributed by atoms with Gasteiger partial charge in [-0.2, -0.15) is 5.26 Å². The van der Waals surface area contributed by atoms with Crippen LogP contribution in [0, 0.1) is 11.3 Å². The Kier molecular flexibility index (Phi) is 6.17. The zero-order valence-corrected chi connectivity index (χ0v) is 17.7. The van der Waals surface area contributed by atoms with Gasteiger partial charge >= 0.3 is 0 Å². The number of rotatable bonds is 5. The van der Waals surface area contributed by atoms with Crippen molar-refractivity contribution >= 4 is 50.2 Å². The number of nitrogens with zero attached hydrogens (tertiary/aromatic N) is 3. The standard InChI is InChI=1S/C20H17BrN4O2S/c1-3-25-19(27)16-10-14(21)7-8-17(16)24-20(25)28-12(2)18(26)23-15-6-4-5-13(9-15)11-22/h4-10,12H,3H2,1-2H3,(H,23,26)/t12-/m1/s1. The molecule has 0 aliphatic carbocycles. The smallest absolute Gasteiger partial charge is 0.262 e.